The van der Waals surface area contributed by atoms with Gasteiger partial charge < -0.3 is 23.7 Å². The van der Waals surface area contributed by atoms with E-state index >= 15 is 0 Å². The van der Waals surface area contributed by atoms with Crippen molar-refractivity contribution in [2.24, 2.45) is 4.99 Å². The fourth-order valence-electron chi connectivity index (χ4n) is 4.03. The van der Waals surface area contributed by atoms with Crippen molar-refractivity contribution in [3.05, 3.63) is 46.5 Å². The van der Waals surface area contributed by atoms with Crippen molar-refractivity contribution in [2.75, 3.05) is 20.8 Å². The van der Waals surface area contributed by atoms with Gasteiger partial charge in [0, 0.05) is 36.7 Å². The summed E-state index contributed by atoms with van der Waals surface area (Å²) < 4.78 is 28.6. The maximum absolute atomic E-state index is 11.6. The number of esters is 1. The Morgan fingerprint density at radius 1 is 0.971 bits per heavy atom. The molecular weight excluding hydrogens is 434 g/mol. The van der Waals surface area contributed by atoms with Crippen LogP contribution in [0.4, 0.5) is 0 Å². The van der Waals surface area contributed by atoms with Crippen LogP contribution in [0.25, 0.3) is 0 Å². The lowest BCUT2D eigenvalue weighted by molar-refractivity contribution is -0.142. The number of benzene rings is 2. The summed E-state index contributed by atoms with van der Waals surface area (Å²) >= 11 is 0. The Bertz CT molecular complexity index is 1060. The second-order valence-corrected chi connectivity index (χ2v) is 8.76. The maximum Gasteiger partial charge on any atom is 0.302 e. The van der Waals surface area contributed by atoms with Crippen molar-refractivity contribution in [1.29, 1.82) is 0 Å². The van der Waals surface area contributed by atoms with Crippen LogP contribution in [0.15, 0.2) is 29.3 Å². The Hall–Kier alpha value is -3.22. The minimum atomic E-state index is -0.355. The summed E-state index contributed by atoms with van der Waals surface area (Å²) in [6.45, 7) is 10.1. The van der Waals surface area contributed by atoms with Crippen molar-refractivity contribution in [2.45, 2.75) is 66.3 Å². The van der Waals surface area contributed by atoms with Gasteiger partial charge >= 0.3 is 5.97 Å². The molecule has 2 aromatic rings. The molecule has 0 saturated heterocycles. The van der Waals surface area contributed by atoms with Gasteiger partial charge in [-0.15, -0.1) is 0 Å². The van der Waals surface area contributed by atoms with E-state index in [0.29, 0.717) is 30.2 Å². The molecule has 0 aliphatic carbocycles. The van der Waals surface area contributed by atoms with E-state index in [0.717, 1.165) is 34.6 Å². The number of nitrogens with zero attached hydrogens (tertiary/aromatic N) is 1. The van der Waals surface area contributed by atoms with E-state index in [-0.39, 0.29) is 24.8 Å². The number of carbonyl (C=O) groups is 1. The van der Waals surface area contributed by atoms with Crippen molar-refractivity contribution in [3.8, 4) is 23.0 Å². The molecule has 34 heavy (non-hydrogen) atoms. The summed E-state index contributed by atoms with van der Waals surface area (Å²) in [5, 5.41) is 0. The highest BCUT2D eigenvalue weighted by molar-refractivity contribution is 6.04. The zero-order valence-electron chi connectivity index (χ0n) is 21.2. The van der Waals surface area contributed by atoms with Crippen LogP contribution >= 0.6 is 0 Å². The first-order valence-electron chi connectivity index (χ1n) is 11.6. The van der Waals surface area contributed by atoms with Gasteiger partial charge in [0.05, 0.1) is 26.4 Å². The number of carbonyl (C=O) groups excluding carboxylic acids is 1. The van der Waals surface area contributed by atoms with Gasteiger partial charge in [0.25, 0.3) is 0 Å². The lowest BCUT2D eigenvalue weighted by atomic mass is 9.91. The quantitative estimate of drug-likeness (QED) is 0.460. The highest BCUT2D eigenvalue weighted by Crippen LogP contribution is 2.37. The van der Waals surface area contributed by atoms with Crippen molar-refractivity contribution in [1.82, 2.24) is 0 Å². The minimum absolute atomic E-state index is 0.0176. The zero-order chi connectivity index (χ0) is 24.8. The van der Waals surface area contributed by atoms with Crippen LogP contribution in [0.3, 0.4) is 0 Å². The molecule has 184 valence electrons. The van der Waals surface area contributed by atoms with E-state index in [4.69, 9.17) is 28.7 Å². The number of fused-ring (bicyclic) bond motifs is 1. The highest BCUT2D eigenvalue weighted by atomic mass is 16.5. The lowest BCUT2D eigenvalue weighted by Crippen LogP contribution is -2.18. The van der Waals surface area contributed by atoms with E-state index in [1.165, 1.54) is 12.5 Å². The zero-order valence-corrected chi connectivity index (χ0v) is 21.2. The fourth-order valence-corrected chi connectivity index (χ4v) is 4.03. The molecular formula is C27H35NO6. The van der Waals surface area contributed by atoms with Crippen LogP contribution in [0.5, 0.6) is 23.0 Å². The third kappa shape index (κ3) is 6.01. The molecule has 0 saturated carbocycles. The highest BCUT2D eigenvalue weighted by Gasteiger charge is 2.23. The minimum Gasteiger partial charge on any atom is -0.493 e. The van der Waals surface area contributed by atoms with Crippen molar-refractivity contribution < 1.29 is 28.5 Å². The second-order valence-electron chi connectivity index (χ2n) is 8.76. The molecule has 0 atom stereocenters. The van der Waals surface area contributed by atoms with Gasteiger partial charge in [-0.3, -0.25) is 9.79 Å². The monoisotopic (exact) mass is 469 g/mol. The summed E-state index contributed by atoms with van der Waals surface area (Å²) in [4.78, 5) is 16.4. The predicted molar refractivity (Wildman–Crippen MR) is 132 cm³/mol. The van der Waals surface area contributed by atoms with E-state index in [1.54, 1.807) is 14.2 Å². The van der Waals surface area contributed by atoms with Crippen molar-refractivity contribution >= 4 is 11.7 Å². The molecule has 1 aliphatic heterocycles. The van der Waals surface area contributed by atoms with Gasteiger partial charge in [0.15, 0.2) is 23.0 Å². The topological polar surface area (TPSA) is 75.6 Å². The van der Waals surface area contributed by atoms with Gasteiger partial charge in [0.1, 0.15) is 6.61 Å². The Kier molecular flexibility index (Phi) is 8.42. The summed E-state index contributed by atoms with van der Waals surface area (Å²) in [6.07, 6.45) is 1.38. The molecule has 0 aromatic heterocycles. The molecule has 1 aliphatic rings. The fraction of sp³-hybridized carbons (Fsp3) is 0.481. The van der Waals surface area contributed by atoms with Crippen molar-refractivity contribution in [3.63, 3.8) is 0 Å². The molecule has 7 nitrogen and oxygen atoms in total. The van der Waals surface area contributed by atoms with E-state index in [1.807, 2.05) is 52.0 Å². The largest absolute Gasteiger partial charge is 0.493 e. The van der Waals surface area contributed by atoms with Crippen LogP contribution in [0.1, 0.15) is 56.9 Å². The SMILES string of the molecule is COc1cc2c(cc1OC(C)C)C(Cc1ccc(OC(C)C)c(OC)c1COC(C)=O)=NCC2. The first kappa shape index (κ1) is 25.4. The number of aliphatic imine (C=N–C) groups is 1. The van der Waals surface area contributed by atoms with Gasteiger partial charge in [-0.2, -0.15) is 0 Å². The van der Waals surface area contributed by atoms with Gasteiger partial charge in [-0.1, -0.05) is 6.07 Å². The van der Waals surface area contributed by atoms with E-state index < -0.39 is 0 Å². The molecule has 1 heterocycles. The summed E-state index contributed by atoms with van der Waals surface area (Å²) in [5.74, 6) is 2.26. The van der Waals surface area contributed by atoms with Gasteiger partial charge in [0.2, 0.25) is 0 Å². The van der Waals surface area contributed by atoms with E-state index in [2.05, 4.69) is 0 Å². The third-order valence-corrected chi connectivity index (χ3v) is 5.41. The number of rotatable bonds is 10. The maximum atomic E-state index is 11.6. The molecule has 0 fully saturated rings. The number of methoxy groups -OCH3 is 2. The summed E-state index contributed by atoms with van der Waals surface area (Å²) in [6, 6.07) is 7.95. The molecule has 0 N–H and O–H groups in total. The molecule has 0 bridgehead atoms. The molecule has 3 rings (SSSR count). The van der Waals surface area contributed by atoms with Crippen LogP contribution in [-0.4, -0.2) is 44.7 Å². The summed E-state index contributed by atoms with van der Waals surface area (Å²) in [7, 11) is 3.25. The molecule has 0 radical (unpaired) electrons. The Morgan fingerprint density at radius 2 is 1.68 bits per heavy atom. The normalized spacial score (nSPS) is 12.8. The van der Waals surface area contributed by atoms with Crippen LogP contribution in [0, 0.1) is 0 Å². The van der Waals surface area contributed by atoms with E-state index in [9.17, 15) is 4.79 Å². The first-order valence-corrected chi connectivity index (χ1v) is 11.6. The Balaban J connectivity index is 2.03. The average Bonchev–Trinajstić information content (AvgIpc) is 2.77. The molecule has 0 unspecified atom stereocenters. The average molecular weight is 470 g/mol. The second kappa shape index (κ2) is 11.3. The number of hydrogen-bond donors (Lipinski definition) is 0. The summed E-state index contributed by atoms with van der Waals surface area (Å²) in [5.41, 5.74) is 4.90. The Morgan fingerprint density at radius 3 is 2.29 bits per heavy atom. The molecule has 2 aromatic carbocycles. The number of hydrogen-bond acceptors (Lipinski definition) is 7. The molecule has 0 amide bonds. The van der Waals surface area contributed by atoms with Gasteiger partial charge in [-0.05, 0) is 63.4 Å². The third-order valence-electron chi connectivity index (χ3n) is 5.41. The molecule has 7 heteroatoms. The standard InChI is InChI=1S/C27H35NO6/c1-16(2)33-24-9-8-19(22(27(24)31-7)15-32-18(5)29)12-23-21-14-26(34-17(3)4)25(30-6)13-20(21)10-11-28-23/h8-9,13-14,16-17H,10-12,15H2,1-7H3. The first-order chi connectivity index (χ1) is 16.2. The molecule has 0 spiro atoms. The van der Waals surface area contributed by atoms with Crippen LogP contribution in [0.2, 0.25) is 0 Å². The Labute approximate surface area is 202 Å². The van der Waals surface area contributed by atoms with Crippen LogP contribution < -0.4 is 18.9 Å². The van der Waals surface area contributed by atoms with Crippen LogP contribution in [-0.2, 0) is 29.0 Å². The number of ether oxygens (including phenoxy) is 5. The predicted octanol–water partition coefficient (Wildman–Crippen LogP) is 4.93. The lowest BCUT2D eigenvalue weighted by Gasteiger charge is -2.23. The van der Waals surface area contributed by atoms with Gasteiger partial charge in [-0.25, -0.2) is 0 Å². The smallest absolute Gasteiger partial charge is 0.302 e.